The number of hydrogen-bond donors (Lipinski definition) is 1. The molecular formula is C30H48O3. The molecule has 33 heavy (non-hydrogen) atoms. The Kier molecular flexibility index (Phi) is 4.97. The standard InChI is InChI=1S/C30H48O3/c1-19-20(31)8-9-21-27(19,4)11-10-22-28(21,5)15-17-30(7)23-18-26(3,24(32)33)13-12-25(23,2)14-16-29(22,30)6/h19,21-23H,8-18H2,1-7H3,(H,32,33)/t19-,21+,22-,23-,25+,26-,27+,28-,29+,30-/m0/s1. The molecule has 186 valence electrons. The van der Waals surface area contributed by atoms with Crippen LogP contribution in [0.15, 0.2) is 0 Å². The van der Waals surface area contributed by atoms with Gasteiger partial charge in [0, 0.05) is 12.3 Å². The Balaban J connectivity index is 1.54. The summed E-state index contributed by atoms with van der Waals surface area (Å²) in [6.07, 6.45) is 12.0. The van der Waals surface area contributed by atoms with Crippen LogP contribution >= 0.6 is 0 Å². The van der Waals surface area contributed by atoms with Gasteiger partial charge in [-0.15, -0.1) is 0 Å². The largest absolute Gasteiger partial charge is 0.481 e. The molecule has 0 aromatic rings. The summed E-state index contributed by atoms with van der Waals surface area (Å²) in [7, 11) is 0. The second-order valence-corrected chi connectivity index (χ2v) is 15.0. The molecule has 0 bridgehead atoms. The first-order chi connectivity index (χ1) is 15.2. The third kappa shape index (κ3) is 2.80. The second-order valence-electron chi connectivity index (χ2n) is 15.0. The minimum atomic E-state index is -0.588. The molecule has 0 saturated heterocycles. The number of Topliss-reactive ketones (excluding diaryl/α,β-unsaturated/α-hetero) is 1. The Morgan fingerprint density at radius 1 is 0.758 bits per heavy atom. The highest BCUT2D eigenvalue weighted by Gasteiger charge is 2.71. The Hall–Kier alpha value is -0.860. The van der Waals surface area contributed by atoms with Gasteiger partial charge < -0.3 is 5.11 Å². The van der Waals surface area contributed by atoms with Crippen molar-refractivity contribution in [3.8, 4) is 0 Å². The molecule has 0 amide bonds. The molecular weight excluding hydrogens is 408 g/mol. The van der Waals surface area contributed by atoms with E-state index in [1.807, 2.05) is 6.92 Å². The van der Waals surface area contributed by atoms with Crippen molar-refractivity contribution >= 4 is 11.8 Å². The van der Waals surface area contributed by atoms with Crippen molar-refractivity contribution in [2.45, 2.75) is 119 Å². The van der Waals surface area contributed by atoms with Gasteiger partial charge in [0.15, 0.2) is 0 Å². The molecule has 5 aliphatic rings. The summed E-state index contributed by atoms with van der Waals surface area (Å²) in [6, 6.07) is 0. The molecule has 5 aliphatic carbocycles. The van der Waals surface area contributed by atoms with Crippen LogP contribution in [0.5, 0.6) is 0 Å². The number of hydrogen-bond acceptors (Lipinski definition) is 2. The lowest BCUT2D eigenvalue weighted by atomic mass is 9.30. The average Bonchev–Trinajstić information content (AvgIpc) is 2.74. The van der Waals surface area contributed by atoms with Gasteiger partial charge in [-0.2, -0.15) is 0 Å². The topological polar surface area (TPSA) is 54.4 Å². The summed E-state index contributed by atoms with van der Waals surface area (Å²) in [5.41, 5.74) is 0.621. The first-order valence-corrected chi connectivity index (χ1v) is 13.9. The molecule has 0 heterocycles. The summed E-state index contributed by atoms with van der Waals surface area (Å²) >= 11 is 0. The van der Waals surface area contributed by atoms with Crippen LogP contribution in [0, 0.1) is 56.2 Å². The van der Waals surface area contributed by atoms with Crippen molar-refractivity contribution in [3.63, 3.8) is 0 Å². The van der Waals surface area contributed by atoms with E-state index >= 15 is 0 Å². The smallest absolute Gasteiger partial charge is 0.309 e. The van der Waals surface area contributed by atoms with Gasteiger partial charge in [-0.3, -0.25) is 9.59 Å². The number of ketones is 1. The van der Waals surface area contributed by atoms with Crippen LogP contribution in [-0.2, 0) is 9.59 Å². The number of carboxylic acid groups (broad SMARTS) is 1. The average molecular weight is 457 g/mol. The van der Waals surface area contributed by atoms with Gasteiger partial charge in [0.1, 0.15) is 5.78 Å². The zero-order chi connectivity index (χ0) is 24.2. The lowest BCUT2D eigenvalue weighted by molar-refractivity contribution is -0.257. The maximum Gasteiger partial charge on any atom is 0.309 e. The van der Waals surface area contributed by atoms with Crippen LogP contribution in [0.4, 0.5) is 0 Å². The normalized spacial score (nSPS) is 58.5. The third-order valence-electron chi connectivity index (χ3n) is 14.0. The van der Waals surface area contributed by atoms with Gasteiger partial charge in [0.05, 0.1) is 5.41 Å². The Morgan fingerprint density at radius 2 is 1.36 bits per heavy atom. The van der Waals surface area contributed by atoms with Crippen molar-refractivity contribution in [2.75, 3.05) is 0 Å². The zero-order valence-corrected chi connectivity index (χ0v) is 22.4. The maximum absolute atomic E-state index is 12.7. The number of fused-ring (bicyclic) bond motifs is 7. The van der Waals surface area contributed by atoms with Crippen LogP contribution in [0.2, 0.25) is 0 Å². The Bertz CT molecular complexity index is 880. The highest BCUT2D eigenvalue weighted by molar-refractivity contribution is 5.82. The number of carboxylic acids is 1. The van der Waals surface area contributed by atoms with Crippen LogP contribution in [0.1, 0.15) is 119 Å². The summed E-state index contributed by atoms with van der Waals surface area (Å²) in [5, 5.41) is 10.1. The fraction of sp³-hybridized carbons (Fsp3) is 0.933. The van der Waals surface area contributed by atoms with Gasteiger partial charge >= 0.3 is 5.97 Å². The van der Waals surface area contributed by atoms with Crippen LogP contribution in [0.3, 0.4) is 0 Å². The predicted molar refractivity (Wildman–Crippen MR) is 132 cm³/mol. The minimum Gasteiger partial charge on any atom is -0.481 e. The van der Waals surface area contributed by atoms with Crippen molar-refractivity contribution < 1.29 is 14.7 Å². The lowest BCUT2D eigenvalue weighted by Gasteiger charge is -2.74. The number of carbonyl (C=O) groups is 2. The summed E-state index contributed by atoms with van der Waals surface area (Å²) in [4.78, 5) is 25.0. The van der Waals surface area contributed by atoms with Crippen molar-refractivity contribution in [1.82, 2.24) is 0 Å². The van der Waals surface area contributed by atoms with Crippen LogP contribution in [0.25, 0.3) is 0 Å². The van der Waals surface area contributed by atoms with Crippen molar-refractivity contribution in [1.29, 1.82) is 0 Å². The van der Waals surface area contributed by atoms with Crippen molar-refractivity contribution in [2.24, 2.45) is 56.2 Å². The SMILES string of the molecule is C[C@H]1C(=O)CC[C@@H]2[C@]1(C)CC[C@H]1[C@@]2(C)CC[C@@]2(C)[C@H]3C[C@@](C)(C(=O)O)CC[C@]3(C)CC[C@]12C. The van der Waals surface area contributed by atoms with E-state index in [4.69, 9.17) is 0 Å². The summed E-state index contributed by atoms with van der Waals surface area (Å²) in [5.74, 6) is 1.91. The number of rotatable bonds is 1. The number of aliphatic carboxylic acids is 1. The summed E-state index contributed by atoms with van der Waals surface area (Å²) in [6.45, 7) is 16.9. The lowest BCUT2D eigenvalue weighted by Crippen LogP contribution is -2.68. The first-order valence-electron chi connectivity index (χ1n) is 13.9. The highest BCUT2D eigenvalue weighted by Crippen LogP contribution is 2.78. The molecule has 10 atom stereocenters. The van der Waals surface area contributed by atoms with E-state index in [0.717, 1.165) is 32.1 Å². The molecule has 5 rings (SSSR count). The van der Waals surface area contributed by atoms with E-state index in [2.05, 4.69) is 41.5 Å². The van der Waals surface area contributed by atoms with Gasteiger partial charge in [0.2, 0.25) is 0 Å². The quantitative estimate of drug-likeness (QED) is 0.444. The van der Waals surface area contributed by atoms with E-state index in [9.17, 15) is 14.7 Å². The first kappa shape index (κ1) is 23.9. The van der Waals surface area contributed by atoms with Gasteiger partial charge in [-0.25, -0.2) is 0 Å². The molecule has 0 aliphatic heterocycles. The molecule has 1 N–H and O–H groups in total. The molecule has 5 fully saturated rings. The molecule has 3 nitrogen and oxygen atoms in total. The molecule has 3 heteroatoms. The maximum atomic E-state index is 12.7. The van der Waals surface area contributed by atoms with E-state index < -0.39 is 11.4 Å². The van der Waals surface area contributed by atoms with Crippen molar-refractivity contribution in [3.05, 3.63) is 0 Å². The fourth-order valence-corrected chi connectivity index (χ4v) is 11.2. The Labute approximate surface area is 201 Å². The third-order valence-corrected chi connectivity index (χ3v) is 14.0. The minimum absolute atomic E-state index is 0.153. The predicted octanol–water partition coefficient (Wildman–Crippen LogP) is 7.52. The van der Waals surface area contributed by atoms with Gasteiger partial charge in [-0.05, 0) is 116 Å². The monoisotopic (exact) mass is 456 g/mol. The van der Waals surface area contributed by atoms with Gasteiger partial charge in [0.25, 0.3) is 0 Å². The van der Waals surface area contributed by atoms with Gasteiger partial charge in [-0.1, -0.05) is 41.5 Å². The molecule has 0 unspecified atom stereocenters. The zero-order valence-electron chi connectivity index (χ0n) is 22.4. The van der Waals surface area contributed by atoms with E-state index in [1.54, 1.807) is 0 Å². The summed E-state index contributed by atoms with van der Waals surface area (Å²) < 4.78 is 0. The van der Waals surface area contributed by atoms with E-state index in [-0.39, 0.29) is 27.6 Å². The molecule has 0 aromatic heterocycles. The van der Waals surface area contributed by atoms with E-state index in [1.165, 1.54) is 38.5 Å². The second kappa shape index (κ2) is 6.88. The van der Waals surface area contributed by atoms with E-state index in [0.29, 0.717) is 29.0 Å². The highest BCUT2D eigenvalue weighted by atomic mass is 16.4. The Morgan fingerprint density at radius 3 is 2.03 bits per heavy atom. The molecule has 0 aromatic carbocycles. The van der Waals surface area contributed by atoms with Crippen LogP contribution < -0.4 is 0 Å². The fourth-order valence-electron chi connectivity index (χ4n) is 11.2. The molecule has 0 spiro atoms. The molecule has 0 radical (unpaired) electrons. The number of carbonyl (C=O) groups excluding carboxylic acids is 1. The molecule has 5 saturated carbocycles. The van der Waals surface area contributed by atoms with Crippen LogP contribution in [-0.4, -0.2) is 16.9 Å².